The van der Waals surface area contributed by atoms with Gasteiger partial charge in [0.15, 0.2) is 0 Å². The zero-order chi connectivity index (χ0) is 13.4. The first-order valence-electron chi connectivity index (χ1n) is 6.78. The highest BCUT2D eigenvalue weighted by atomic mass is 19.1. The van der Waals surface area contributed by atoms with Gasteiger partial charge in [-0.05, 0) is 66.1 Å². The Hall–Kier alpha value is -1.67. The molecule has 0 fully saturated rings. The maximum Gasteiger partial charge on any atom is 0.123 e. The number of rotatable bonds is 2. The molecule has 1 atom stereocenters. The van der Waals surface area contributed by atoms with Gasteiger partial charge in [-0.1, -0.05) is 24.3 Å². The molecule has 0 radical (unpaired) electrons. The van der Waals surface area contributed by atoms with Crippen molar-refractivity contribution in [2.75, 3.05) is 0 Å². The predicted octanol–water partition coefficient (Wildman–Crippen LogP) is 3.67. The topological polar surface area (TPSA) is 26.0 Å². The summed E-state index contributed by atoms with van der Waals surface area (Å²) >= 11 is 0. The molecule has 0 aliphatic heterocycles. The fourth-order valence-electron chi connectivity index (χ4n) is 2.95. The van der Waals surface area contributed by atoms with E-state index in [2.05, 4.69) is 18.2 Å². The Morgan fingerprint density at radius 3 is 2.63 bits per heavy atom. The van der Waals surface area contributed by atoms with Crippen LogP contribution in [0, 0.1) is 12.7 Å². The van der Waals surface area contributed by atoms with Crippen LogP contribution in [0.25, 0.3) is 0 Å². The molecule has 1 aliphatic carbocycles. The lowest BCUT2D eigenvalue weighted by Gasteiger charge is -2.16. The summed E-state index contributed by atoms with van der Waals surface area (Å²) in [6, 6.07) is 11.2. The van der Waals surface area contributed by atoms with Gasteiger partial charge in [0.2, 0.25) is 0 Å². The Balaban J connectivity index is 1.97. The summed E-state index contributed by atoms with van der Waals surface area (Å²) < 4.78 is 13.2. The SMILES string of the molecule is Cc1cc(F)ccc1C(N)c1ccc2c(c1)CCC2. The molecule has 2 aromatic rings. The van der Waals surface area contributed by atoms with E-state index in [1.165, 1.54) is 30.0 Å². The van der Waals surface area contributed by atoms with Crippen molar-refractivity contribution in [3.63, 3.8) is 0 Å². The minimum atomic E-state index is -0.206. The molecule has 2 aromatic carbocycles. The molecule has 2 heteroatoms. The summed E-state index contributed by atoms with van der Waals surface area (Å²) in [5, 5.41) is 0. The van der Waals surface area contributed by atoms with Crippen LogP contribution in [0.5, 0.6) is 0 Å². The molecule has 1 nitrogen and oxygen atoms in total. The molecule has 2 N–H and O–H groups in total. The second-order valence-corrected chi connectivity index (χ2v) is 5.36. The van der Waals surface area contributed by atoms with E-state index in [-0.39, 0.29) is 11.9 Å². The molecule has 1 aliphatic rings. The number of fused-ring (bicyclic) bond motifs is 1. The normalized spacial score (nSPS) is 15.3. The van der Waals surface area contributed by atoms with Crippen LogP contribution in [-0.2, 0) is 12.8 Å². The maximum absolute atomic E-state index is 13.2. The third kappa shape index (κ3) is 2.28. The van der Waals surface area contributed by atoms with Crippen LogP contribution < -0.4 is 5.73 Å². The van der Waals surface area contributed by atoms with Crippen LogP contribution in [0.2, 0.25) is 0 Å². The second-order valence-electron chi connectivity index (χ2n) is 5.36. The van der Waals surface area contributed by atoms with E-state index in [4.69, 9.17) is 5.73 Å². The minimum Gasteiger partial charge on any atom is -0.320 e. The molecule has 98 valence electrons. The summed E-state index contributed by atoms with van der Waals surface area (Å²) in [5.74, 6) is -0.206. The van der Waals surface area contributed by atoms with E-state index in [1.807, 2.05) is 6.92 Å². The third-order valence-electron chi connectivity index (χ3n) is 4.05. The number of benzene rings is 2. The zero-order valence-electron chi connectivity index (χ0n) is 11.1. The van der Waals surface area contributed by atoms with Gasteiger partial charge in [-0.3, -0.25) is 0 Å². The molecule has 1 unspecified atom stereocenters. The van der Waals surface area contributed by atoms with Gasteiger partial charge in [0.1, 0.15) is 5.82 Å². The highest BCUT2D eigenvalue weighted by Gasteiger charge is 2.16. The molecule has 0 aromatic heterocycles. The average molecular weight is 255 g/mol. The number of hydrogen-bond acceptors (Lipinski definition) is 1. The Kier molecular flexibility index (Phi) is 3.11. The van der Waals surface area contributed by atoms with E-state index in [9.17, 15) is 4.39 Å². The van der Waals surface area contributed by atoms with Crippen molar-refractivity contribution in [1.29, 1.82) is 0 Å². The van der Waals surface area contributed by atoms with Gasteiger partial charge in [-0.15, -0.1) is 0 Å². The van der Waals surface area contributed by atoms with Gasteiger partial charge in [0, 0.05) is 0 Å². The van der Waals surface area contributed by atoms with E-state index in [0.717, 1.165) is 23.1 Å². The fourth-order valence-corrected chi connectivity index (χ4v) is 2.95. The van der Waals surface area contributed by atoms with E-state index >= 15 is 0 Å². The van der Waals surface area contributed by atoms with Crippen molar-refractivity contribution in [2.45, 2.75) is 32.2 Å². The van der Waals surface area contributed by atoms with Crippen molar-refractivity contribution in [2.24, 2.45) is 5.73 Å². The minimum absolute atomic E-state index is 0.175. The lowest BCUT2D eigenvalue weighted by atomic mass is 9.93. The number of hydrogen-bond donors (Lipinski definition) is 1. The number of aryl methyl sites for hydroxylation is 3. The fraction of sp³-hybridized carbons (Fsp3) is 0.294. The monoisotopic (exact) mass is 255 g/mol. The first kappa shape index (κ1) is 12.4. The summed E-state index contributed by atoms with van der Waals surface area (Å²) in [4.78, 5) is 0. The van der Waals surface area contributed by atoms with Crippen LogP contribution in [0.4, 0.5) is 4.39 Å². The van der Waals surface area contributed by atoms with Crippen LogP contribution in [0.3, 0.4) is 0 Å². The Morgan fingerprint density at radius 1 is 1.05 bits per heavy atom. The summed E-state index contributed by atoms with van der Waals surface area (Å²) in [7, 11) is 0. The molecule has 0 heterocycles. The van der Waals surface area contributed by atoms with E-state index in [0.29, 0.717) is 0 Å². The number of nitrogens with two attached hydrogens (primary N) is 1. The van der Waals surface area contributed by atoms with Crippen molar-refractivity contribution >= 4 is 0 Å². The Morgan fingerprint density at radius 2 is 1.84 bits per heavy atom. The van der Waals surface area contributed by atoms with Crippen LogP contribution >= 0.6 is 0 Å². The molecule has 0 bridgehead atoms. The molecule has 0 saturated carbocycles. The molecule has 3 rings (SSSR count). The van der Waals surface area contributed by atoms with Gasteiger partial charge in [0.05, 0.1) is 6.04 Å². The van der Waals surface area contributed by atoms with Crippen molar-refractivity contribution in [3.8, 4) is 0 Å². The first-order valence-corrected chi connectivity index (χ1v) is 6.78. The Bertz CT molecular complexity index is 619. The maximum atomic E-state index is 13.2. The smallest absolute Gasteiger partial charge is 0.123 e. The predicted molar refractivity (Wildman–Crippen MR) is 75.6 cm³/mol. The largest absolute Gasteiger partial charge is 0.320 e. The molecular weight excluding hydrogens is 237 g/mol. The average Bonchev–Trinajstić information content (AvgIpc) is 2.85. The molecule has 0 amide bonds. The first-order chi connectivity index (χ1) is 9.15. The lowest BCUT2D eigenvalue weighted by Crippen LogP contribution is -2.13. The third-order valence-corrected chi connectivity index (χ3v) is 4.05. The quantitative estimate of drug-likeness (QED) is 0.870. The van der Waals surface area contributed by atoms with Crippen LogP contribution in [0.1, 0.15) is 40.3 Å². The van der Waals surface area contributed by atoms with Gasteiger partial charge >= 0.3 is 0 Å². The Labute approximate surface area is 113 Å². The van der Waals surface area contributed by atoms with E-state index < -0.39 is 0 Å². The molecule has 19 heavy (non-hydrogen) atoms. The van der Waals surface area contributed by atoms with Gasteiger partial charge in [0.25, 0.3) is 0 Å². The van der Waals surface area contributed by atoms with Crippen molar-refractivity contribution in [1.82, 2.24) is 0 Å². The highest BCUT2D eigenvalue weighted by molar-refractivity contribution is 5.41. The summed E-state index contributed by atoms with van der Waals surface area (Å²) in [5.41, 5.74) is 12.2. The second kappa shape index (κ2) is 4.78. The van der Waals surface area contributed by atoms with Crippen LogP contribution in [0.15, 0.2) is 36.4 Å². The summed E-state index contributed by atoms with van der Waals surface area (Å²) in [6.45, 7) is 1.91. The summed E-state index contributed by atoms with van der Waals surface area (Å²) in [6.07, 6.45) is 3.57. The lowest BCUT2D eigenvalue weighted by molar-refractivity contribution is 0.624. The molecular formula is C17H18FN. The van der Waals surface area contributed by atoms with Crippen LogP contribution in [-0.4, -0.2) is 0 Å². The van der Waals surface area contributed by atoms with Crippen molar-refractivity contribution < 1.29 is 4.39 Å². The standard InChI is InChI=1S/C17H18FN/c1-11-9-15(18)7-8-16(11)17(19)14-6-5-12-3-2-4-13(12)10-14/h5-10,17H,2-4,19H2,1H3. The molecule has 0 spiro atoms. The molecule has 0 saturated heterocycles. The van der Waals surface area contributed by atoms with Gasteiger partial charge in [-0.25, -0.2) is 4.39 Å². The highest BCUT2D eigenvalue weighted by Crippen LogP contribution is 2.28. The number of halogens is 1. The van der Waals surface area contributed by atoms with E-state index in [1.54, 1.807) is 12.1 Å². The van der Waals surface area contributed by atoms with Gasteiger partial charge in [-0.2, -0.15) is 0 Å². The van der Waals surface area contributed by atoms with Gasteiger partial charge < -0.3 is 5.73 Å². The zero-order valence-corrected chi connectivity index (χ0v) is 11.1. The van der Waals surface area contributed by atoms with Crippen molar-refractivity contribution in [3.05, 3.63) is 70.0 Å².